The van der Waals surface area contributed by atoms with Crippen LogP contribution in [0.2, 0.25) is 5.02 Å². The molecule has 3 heteroatoms. The highest BCUT2D eigenvalue weighted by Crippen LogP contribution is 2.24. The number of ether oxygens (including phenoxy) is 1. The molecule has 0 bridgehead atoms. The first-order valence-electron chi connectivity index (χ1n) is 9.36. The predicted molar refractivity (Wildman–Crippen MR) is 107 cm³/mol. The van der Waals surface area contributed by atoms with Gasteiger partial charge < -0.3 is 10.1 Å². The van der Waals surface area contributed by atoms with E-state index in [9.17, 15) is 0 Å². The zero-order valence-electron chi connectivity index (χ0n) is 15.5. The third-order valence-electron chi connectivity index (χ3n) is 4.27. The predicted octanol–water partition coefficient (Wildman–Crippen LogP) is 6.29. The fraction of sp³-hybridized carbons (Fsp3) is 0.455. The lowest BCUT2D eigenvalue weighted by atomic mass is 10.1. The van der Waals surface area contributed by atoms with Crippen LogP contribution in [-0.2, 0) is 13.2 Å². The smallest absolute Gasteiger partial charge is 0.124 e. The van der Waals surface area contributed by atoms with Crippen molar-refractivity contribution in [2.45, 2.75) is 59.1 Å². The lowest BCUT2D eigenvalue weighted by Gasteiger charge is -2.13. The van der Waals surface area contributed by atoms with Crippen LogP contribution in [0.15, 0.2) is 42.5 Å². The van der Waals surface area contributed by atoms with Crippen LogP contribution >= 0.6 is 11.6 Å². The normalized spacial score (nSPS) is 10.8. The molecule has 2 rings (SSSR count). The van der Waals surface area contributed by atoms with Crippen molar-refractivity contribution in [2.24, 2.45) is 0 Å². The summed E-state index contributed by atoms with van der Waals surface area (Å²) in [6.07, 6.45) is 6.48. The molecule has 0 aliphatic carbocycles. The van der Waals surface area contributed by atoms with Gasteiger partial charge in [0, 0.05) is 17.1 Å². The first-order valence-corrected chi connectivity index (χ1v) is 9.74. The molecule has 0 atom stereocenters. The van der Waals surface area contributed by atoms with Crippen molar-refractivity contribution < 1.29 is 4.74 Å². The topological polar surface area (TPSA) is 21.3 Å². The van der Waals surface area contributed by atoms with Crippen molar-refractivity contribution in [3.63, 3.8) is 0 Å². The number of rotatable bonds is 11. The summed E-state index contributed by atoms with van der Waals surface area (Å²) in [5.74, 6) is 0.907. The molecule has 0 aliphatic heterocycles. The summed E-state index contributed by atoms with van der Waals surface area (Å²) in [5, 5.41) is 4.27. The van der Waals surface area contributed by atoms with Gasteiger partial charge in [-0.15, -0.1) is 0 Å². The minimum atomic E-state index is 0.577. The molecular formula is C22H30ClNO. The molecule has 1 N–H and O–H groups in total. The Labute approximate surface area is 157 Å². The summed E-state index contributed by atoms with van der Waals surface area (Å²) in [5.41, 5.74) is 3.56. The monoisotopic (exact) mass is 359 g/mol. The highest BCUT2D eigenvalue weighted by Gasteiger charge is 2.05. The first kappa shape index (κ1) is 19.8. The molecule has 0 fully saturated rings. The molecule has 0 saturated heterocycles. The third-order valence-corrected chi connectivity index (χ3v) is 4.51. The molecule has 0 amide bonds. The van der Waals surface area contributed by atoms with Crippen LogP contribution in [0.1, 0.15) is 55.7 Å². The second-order valence-electron chi connectivity index (χ2n) is 6.62. The highest BCUT2D eigenvalue weighted by atomic mass is 35.5. The van der Waals surface area contributed by atoms with Crippen LogP contribution in [0.4, 0.5) is 0 Å². The van der Waals surface area contributed by atoms with Crippen LogP contribution in [0.25, 0.3) is 0 Å². The second kappa shape index (κ2) is 11.2. The number of hydrogen-bond donors (Lipinski definition) is 1. The number of halogens is 1. The van der Waals surface area contributed by atoms with E-state index in [1.54, 1.807) is 0 Å². The number of nitrogens with one attached hydrogen (secondary N) is 1. The van der Waals surface area contributed by atoms with Gasteiger partial charge >= 0.3 is 0 Å². The minimum Gasteiger partial charge on any atom is -0.489 e. The van der Waals surface area contributed by atoms with Gasteiger partial charge in [0.25, 0.3) is 0 Å². The fourth-order valence-corrected chi connectivity index (χ4v) is 3.06. The zero-order chi connectivity index (χ0) is 17.9. The maximum atomic E-state index is 6.17. The van der Waals surface area contributed by atoms with E-state index in [1.165, 1.54) is 43.2 Å². The van der Waals surface area contributed by atoms with E-state index >= 15 is 0 Å². The molecule has 25 heavy (non-hydrogen) atoms. The molecule has 0 heterocycles. The van der Waals surface area contributed by atoms with Gasteiger partial charge in [0.05, 0.1) is 0 Å². The summed E-state index contributed by atoms with van der Waals surface area (Å²) in [6, 6.07) is 14.3. The summed E-state index contributed by atoms with van der Waals surface area (Å²) in [7, 11) is 0. The Morgan fingerprint density at radius 2 is 1.84 bits per heavy atom. The standard InChI is InChI=1S/C22H30ClNO/c1-3-4-5-6-7-13-24-16-20-15-21(23)11-12-22(20)25-17-19-10-8-9-18(2)14-19/h8-12,14-15,24H,3-7,13,16-17H2,1-2H3. The number of hydrogen-bond acceptors (Lipinski definition) is 2. The van der Waals surface area contributed by atoms with E-state index in [4.69, 9.17) is 16.3 Å². The molecule has 0 aromatic heterocycles. The SMILES string of the molecule is CCCCCCCNCc1cc(Cl)ccc1OCc1cccc(C)c1. The Hall–Kier alpha value is -1.51. The van der Waals surface area contributed by atoms with E-state index < -0.39 is 0 Å². The molecule has 0 spiro atoms. The highest BCUT2D eigenvalue weighted by molar-refractivity contribution is 6.30. The molecule has 2 aromatic carbocycles. The van der Waals surface area contributed by atoms with Crippen molar-refractivity contribution in [1.82, 2.24) is 5.32 Å². The molecule has 136 valence electrons. The van der Waals surface area contributed by atoms with Gasteiger partial charge in [0.1, 0.15) is 12.4 Å². The van der Waals surface area contributed by atoms with Gasteiger partial charge in [0.15, 0.2) is 0 Å². The number of aryl methyl sites for hydroxylation is 1. The molecule has 0 aliphatic rings. The Kier molecular flexibility index (Phi) is 8.85. The fourth-order valence-electron chi connectivity index (χ4n) is 2.87. The largest absolute Gasteiger partial charge is 0.489 e. The minimum absolute atomic E-state index is 0.577. The van der Waals surface area contributed by atoms with E-state index in [1.807, 2.05) is 18.2 Å². The summed E-state index contributed by atoms with van der Waals surface area (Å²) >= 11 is 6.17. The van der Waals surface area contributed by atoms with Crippen LogP contribution in [0.3, 0.4) is 0 Å². The summed E-state index contributed by atoms with van der Waals surface area (Å²) in [6.45, 7) is 6.75. The van der Waals surface area contributed by atoms with E-state index in [0.29, 0.717) is 6.61 Å². The molecular weight excluding hydrogens is 330 g/mol. The van der Waals surface area contributed by atoms with Crippen LogP contribution in [-0.4, -0.2) is 6.54 Å². The maximum absolute atomic E-state index is 6.17. The molecule has 2 aromatic rings. The average molecular weight is 360 g/mol. The van der Waals surface area contributed by atoms with Gasteiger partial charge in [-0.05, 0) is 43.7 Å². The van der Waals surface area contributed by atoms with Crippen LogP contribution < -0.4 is 10.1 Å². The van der Waals surface area contributed by atoms with Gasteiger partial charge in [0.2, 0.25) is 0 Å². The molecule has 2 nitrogen and oxygen atoms in total. The Morgan fingerprint density at radius 1 is 1.00 bits per heavy atom. The lowest BCUT2D eigenvalue weighted by molar-refractivity contribution is 0.302. The van der Waals surface area contributed by atoms with Crippen molar-refractivity contribution in [3.05, 3.63) is 64.2 Å². The first-order chi connectivity index (χ1) is 12.2. The maximum Gasteiger partial charge on any atom is 0.124 e. The van der Waals surface area contributed by atoms with Crippen molar-refractivity contribution in [2.75, 3.05) is 6.54 Å². The van der Waals surface area contributed by atoms with E-state index in [0.717, 1.165) is 29.4 Å². The van der Waals surface area contributed by atoms with Gasteiger partial charge in [-0.3, -0.25) is 0 Å². The Morgan fingerprint density at radius 3 is 2.64 bits per heavy atom. The molecule has 0 radical (unpaired) electrons. The Bertz CT molecular complexity index is 642. The van der Waals surface area contributed by atoms with Crippen LogP contribution in [0, 0.1) is 6.92 Å². The van der Waals surface area contributed by atoms with Crippen molar-refractivity contribution >= 4 is 11.6 Å². The molecule has 0 saturated carbocycles. The summed E-state index contributed by atoms with van der Waals surface area (Å²) < 4.78 is 6.04. The third kappa shape index (κ3) is 7.50. The number of benzene rings is 2. The number of unbranched alkanes of at least 4 members (excludes halogenated alkanes) is 4. The summed E-state index contributed by atoms with van der Waals surface area (Å²) in [4.78, 5) is 0. The quantitative estimate of drug-likeness (QED) is 0.476. The van der Waals surface area contributed by atoms with Crippen molar-refractivity contribution in [3.8, 4) is 5.75 Å². The van der Waals surface area contributed by atoms with E-state index in [2.05, 4.69) is 43.4 Å². The van der Waals surface area contributed by atoms with Crippen LogP contribution in [0.5, 0.6) is 5.75 Å². The van der Waals surface area contributed by atoms with Crippen molar-refractivity contribution in [1.29, 1.82) is 0 Å². The van der Waals surface area contributed by atoms with E-state index in [-0.39, 0.29) is 0 Å². The molecule has 0 unspecified atom stereocenters. The second-order valence-corrected chi connectivity index (χ2v) is 7.06. The van der Waals surface area contributed by atoms with Gasteiger partial charge in [-0.2, -0.15) is 0 Å². The Balaban J connectivity index is 1.84. The van der Waals surface area contributed by atoms with Gasteiger partial charge in [-0.25, -0.2) is 0 Å². The lowest BCUT2D eigenvalue weighted by Crippen LogP contribution is -2.15. The average Bonchev–Trinajstić information content (AvgIpc) is 2.60. The van der Waals surface area contributed by atoms with Gasteiger partial charge in [-0.1, -0.05) is 74.0 Å². The zero-order valence-corrected chi connectivity index (χ0v) is 16.2.